The summed E-state index contributed by atoms with van der Waals surface area (Å²) in [6.07, 6.45) is 0.759. The number of hydrogen-bond acceptors (Lipinski definition) is 6. The number of pyridine rings is 1. The molecule has 7 nitrogen and oxygen atoms in total. The standard InChI is InChI=1S/C23H21N3O4/c1-28-20-8-13(4-5-19(20)27)15-10-18-16-11-22(30-3)21(29-2)9-14(16)6-7-26(18)23(25)17(15)12-24/h4-5,8-11H,6-7H2,1-3H3,(H2,25,27)/p+1. The Kier molecular flexibility index (Phi) is 4.84. The fourth-order valence-electron chi connectivity index (χ4n) is 3.94. The van der Waals surface area contributed by atoms with E-state index in [-0.39, 0.29) is 5.75 Å². The number of phenolic OH excluding ortho intramolecular Hbond substituents is 1. The van der Waals surface area contributed by atoms with Crippen LogP contribution < -0.4 is 24.5 Å². The number of hydrogen-bond donors (Lipinski definition) is 2. The Hall–Kier alpha value is -3.92. The number of aromatic hydroxyl groups is 1. The second-order valence-corrected chi connectivity index (χ2v) is 6.97. The summed E-state index contributed by atoms with van der Waals surface area (Å²) in [7, 11) is 4.70. The second kappa shape index (κ2) is 7.48. The first-order chi connectivity index (χ1) is 14.5. The summed E-state index contributed by atoms with van der Waals surface area (Å²) >= 11 is 0. The minimum atomic E-state index is 0.0299. The molecule has 0 fully saturated rings. The number of ether oxygens (including phenoxy) is 3. The van der Waals surface area contributed by atoms with Crippen molar-refractivity contribution >= 4 is 5.82 Å². The third-order valence-electron chi connectivity index (χ3n) is 5.48. The van der Waals surface area contributed by atoms with E-state index in [0.29, 0.717) is 40.7 Å². The Morgan fingerprint density at radius 2 is 1.67 bits per heavy atom. The van der Waals surface area contributed by atoms with Crippen molar-refractivity contribution in [3.8, 4) is 51.5 Å². The average molecular weight is 404 g/mol. The molecule has 30 heavy (non-hydrogen) atoms. The van der Waals surface area contributed by atoms with Crippen LogP contribution in [0.15, 0.2) is 36.4 Å². The number of methoxy groups -OCH3 is 3. The molecule has 3 N–H and O–H groups in total. The highest BCUT2D eigenvalue weighted by atomic mass is 16.5. The maximum atomic E-state index is 9.95. The van der Waals surface area contributed by atoms with Gasteiger partial charge in [0.05, 0.1) is 27.9 Å². The molecule has 0 saturated carbocycles. The van der Waals surface area contributed by atoms with Gasteiger partial charge in [0.25, 0.3) is 5.82 Å². The van der Waals surface area contributed by atoms with Crippen LogP contribution in [0.4, 0.5) is 5.82 Å². The topological polar surface area (TPSA) is 102 Å². The van der Waals surface area contributed by atoms with Gasteiger partial charge in [0, 0.05) is 17.5 Å². The summed E-state index contributed by atoms with van der Waals surface area (Å²) in [5, 5.41) is 19.8. The van der Waals surface area contributed by atoms with Gasteiger partial charge in [0.15, 0.2) is 23.0 Å². The molecule has 1 aliphatic rings. The largest absolute Gasteiger partial charge is 0.504 e. The fraction of sp³-hybridized carbons (Fsp3) is 0.217. The molecular formula is C23H22N3O4+. The van der Waals surface area contributed by atoms with E-state index in [1.165, 1.54) is 7.11 Å². The number of nitrogens with two attached hydrogens (primary N) is 1. The Labute approximate surface area is 174 Å². The van der Waals surface area contributed by atoms with Crippen molar-refractivity contribution in [1.29, 1.82) is 5.26 Å². The van der Waals surface area contributed by atoms with Gasteiger partial charge in [-0.1, -0.05) is 6.07 Å². The fourth-order valence-corrected chi connectivity index (χ4v) is 3.94. The molecule has 0 spiro atoms. The molecule has 7 heteroatoms. The van der Waals surface area contributed by atoms with Crippen LogP contribution in [0.3, 0.4) is 0 Å². The molecule has 1 aromatic heterocycles. The minimum absolute atomic E-state index is 0.0299. The predicted molar refractivity (Wildman–Crippen MR) is 112 cm³/mol. The van der Waals surface area contributed by atoms with Gasteiger partial charge >= 0.3 is 0 Å². The zero-order valence-corrected chi connectivity index (χ0v) is 17.0. The molecule has 0 saturated heterocycles. The smallest absolute Gasteiger partial charge is 0.291 e. The van der Waals surface area contributed by atoms with E-state index < -0.39 is 0 Å². The summed E-state index contributed by atoms with van der Waals surface area (Å²) in [5.41, 5.74) is 11.2. The van der Waals surface area contributed by atoms with Gasteiger partial charge in [-0.2, -0.15) is 5.26 Å². The van der Waals surface area contributed by atoms with Gasteiger partial charge in [-0.05, 0) is 41.5 Å². The van der Waals surface area contributed by atoms with Gasteiger partial charge in [0.2, 0.25) is 0 Å². The van der Waals surface area contributed by atoms with Crippen molar-refractivity contribution in [3.05, 3.63) is 47.5 Å². The van der Waals surface area contributed by atoms with Crippen molar-refractivity contribution in [1.82, 2.24) is 0 Å². The van der Waals surface area contributed by atoms with Crippen LogP contribution in [-0.4, -0.2) is 26.4 Å². The summed E-state index contributed by atoms with van der Waals surface area (Å²) in [4.78, 5) is 0. The number of aromatic nitrogens is 1. The van der Waals surface area contributed by atoms with Crippen molar-refractivity contribution < 1.29 is 23.9 Å². The molecule has 1 aliphatic heterocycles. The Morgan fingerprint density at radius 1 is 0.967 bits per heavy atom. The van der Waals surface area contributed by atoms with Crippen molar-refractivity contribution in [2.45, 2.75) is 13.0 Å². The first kappa shape index (κ1) is 19.4. The number of nitriles is 1. The number of fused-ring (bicyclic) bond motifs is 3. The molecular weight excluding hydrogens is 382 g/mol. The van der Waals surface area contributed by atoms with Crippen molar-refractivity contribution in [3.63, 3.8) is 0 Å². The van der Waals surface area contributed by atoms with E-state index in [1.807, 2.05) is 22.8 Å². The van der Waals surface area contributed by atoms with Crippen LogP contribution >= 0.6 is 0 Å². The van der Waals surface area contributed by atoms with E-state index in [2.05, 4.69) is 6.07 Å². The summed E-state index contributed by atoms with van der Waals surface area (Å²) in [6.45, 7) is 0.650. The zero-order chi connectivity index (χ0) is 21.4. The normalized spacial score (nSPS) is 11.8. The molecule has 152 valence electrons. The van der Waals surface area contributed by atoms with Gasteiger partial charge in [-0.25, -0.2) is 4.57 Å². The number of nitrogens with zero attached hydrogens (tertiary/aromatic N) is 2. The van der Waals surface area contributed by atoms with E-state index in [0.717, 1.165) is 28.8 Å². The molecule has 0 atom stereocenters. The molecule has 2 aromatic carbocycles. The van der Waals surface area contributed by atoms with E-state index in [1.54, 1.807) is 32.4 Å². The second-order valence-electron chi connectivity index (χ2n) is 6.97. The van der Waals surface area contributed by atoms with Crippen LogP contribution in [0.25, 0.3) is 22.4 Å². The van der Waals surface area contributed by atoms with E-state index in [9.17, 15) is 10.4 Å². The molecule has 0 amide bonds. The molecule has 0 aliphatic carbocycles. The quantitative estimate of drug-likeness (QED) is 0.648. The molecule has 0 bridgehead atoms. The SMILES string of the molecule is COc1cc(-c2cc3[n+](c(N)c2C#N)CCc2cc(OC)c(OC)cc2-3)ccc1O. The predicted octanol–water partition coefficient (Wildman–Crippen LogP) is 3.05. The minimum Gasteiger partial charge on any atom is -0.504 e. The maximum absolute atomic E-state index is 9.95. The zero-order valence-electron chi connectivity index (χ0n) is 17.0. The first-order valence-electron chi connectivity index (χ1n) is 9.41. The molecule has 4 rings (SSSR count). The highest BCUT2D eigenvalue weighted by molar-refractivity contribution is 5.80. The van der Waals surface area contributed by atoms with E-state index >= 15 is 0 Å². The summed E-state index contributed by atoms with van der Waals surface area (Å²) in [6, 6.07) is 13.1. The monoisotopic (exact) mass is 404 g/mol. The lowest BCUT2D eigenvalue weighted by Gasteiger charge is -2.22. The maximum Gasteiger partial charge on any atom is 0.291 e. The number of benzene rings is 2. The van der Waals surface area contributed by atoms with Crippen LogP contribution in [0, 0.1) is 11.3 Å². The van der Waals surface area contributed by atoms with Gasteiger partial charge in [0.1, 0.15) is 17.3 Å². The first-order valence-corrected chi connectivity index (χ1v) is 9.41. The number of rotatable bonds is 4. The number of aryl methyl sites for hydroxylation is 1. The third kappa shape index (κ3) is 2.94. The van der Waals surface area contributed by atoms with Crippen molar-refractivity contribution in [2.24, 2.45) is 0 Å². The molecule has 0 unspecified atom stereocenters. The van der Waals surface area contributed by atoms with Gasteiger partial charge in [-0.15, -0.1) is 0 Å². The summed E-state index contributed by atoms with van der Waals surface area (Å²) in [5.74, 6) is 2.06. The number of anilines is 1. The lowest BCUT2D eigenvalue weighted by atomic mass is 9.92. The Morgan fingerprint density at radius 3 is 2.33 bits per heavy atom. The van der Waals surface area contributed by atoms with E-state index in [4.69, 9.17) is 19.9 Å². The Bertz CT molecular complexity index is 1200. The van der Waals surface area contributed by atoms with Crippen LogP contribution in [0.2, 0.25) is 0 Å². The highest BCUT2D eigenvalue weighted by Gasteiger charge is 2.29. The number of nitrogen functional groups attached to an aromatic ring is 1. The molecule has 2 heterocycles. The van der Waals surface area contributed by atoms with Gasteiger partial charge in [-0.3, -0.25) is 5.73 Å². The average Bonchev–Trinajstić information content (AvgIpc) is 2.78. The molecule has 3 aromatic rings. The van der Waals surface area contributed by atoms with Crippen LogP contribution in [-0.2, 0) is 13.0 Å². The third-order valence-corrected chi connectivity index (χ3v) is 5.48. The van der Waals surface area contributed by atoms with Crippen molar-refractivity contribution in [2.75, 3.05) is 27.1 Å². The lowest BCUT2D eigenvalue weighted by Crippen LogP contribution is -2.44. The summed E-state index contributed by atoms with van der Waals surface area (Å²) < 4.78 is 18.1. The lowest BCUT2D eigenvalue weighted by molar-refractivity contribution is -0.673. The number of phenols is 1. The van der Waals surface area contributed by atoms with Gasteiger partial charge < -0.3 is 19.3 Å². The Balaban J connectivity index is 1.99. The highest BCUT2D eigenvalue weighted by Crippen LogP contribution is 2.40. The van der Waals surface area contributed by atoms with Crippen LogP contribution in [0.5, 0.6) is 23.0 Å². The molecule has 0 radical (unpaired) electrons. The van der Waals surface area contributed by atoms with Crippen LogP contribution in [0.1, 0.15) is 11.1 Å².